The van der Waals surface area contributed by atoms with Crippen molar-refractivity contribution < 1.29 is 0 Å². The number of rotatable bonds is 6. The van der Waals surface area contributed by atoms with Gasteiger partial charge in [0.1, 0.15) is 0 Å². The Kier molecular flexibility index (Phi) is 6.55. The number of hydrogen-bond acceptors (Lipinski definition) is 1. The van der Waals surface area contributed by atoms with E-state index in [9.17, 15) is 0 Å². The molecule has 0 aliphatic rings. The Morgan fingerprint density at radius 2 is 1.42 bits per heavy atom. The normalized spacial score (nSPS) is 14.0. The van der Waals surface area contributed by atoms with Crippen LogP contribution in [-0.4, -0.2) is 30.6 Å². The summed E-state index contributed by atoms with van der Waals surface area (Å²) < 4.78 is 0. The molecule has 2 heteroatoms. The molecule has 0 aromatic rings. The molecule has 1 nitrogen and oxygen atoms in total. The molecule has 0 aromatic heterocycles. The molecule has 0 unspecified atom stereocenters. The Morgan fingerprint density at radius 3 is 1.74 bits per heavy atom. The molecule has 0 aliphatic carbocycles. The summed E-state index contributed by atoms with van der Waals surface area (Å²) in [7, 11) is -1.08. The van der Waals surface area contributed by atoms with Gasteiger partial charge in [-0.15, -0.1) is 6.58 Å². The van der Waals surface area contributed by atoms with Crippen LogP contribution >= 0.6 is 0 Å². The van der Waals surface area contributed by atoms with Crippen LogP contribution in [0, 0.1) is 0 Å². The van der Waals surface area contributed by atoms with Crippen LogP contribution in [0.15, 0.2) is 12.2 Å². The van der Waals surface area contributed by atoms with Gasteiger partial charge in [0.15, 0.2) is 0 Å². The molecule has 114 valence electrons. The summed E-state index contributed by atoms with van der Waals surface area (Å²) >= 11 is 0. The molecule has 0 amide bonds. The third-order valence-electron chi connectivity index (χ3n) is 3.64. The van der Waals surface area contributed by atoms with E-state index >= 15 is 0 Å². The highest BCUT2D eigenvalue weighted by molar-refractivity contribution is 6.77. The van der Waals surface area contributed by atoms with Gasteiger partial charge >= 0.3 is 0 Å². The zero-order valence-corrected chi connectivity index (χ0v) is 16.0. The van der Waals surface area contributed by atoms with Crippen molar-refractivity contribution in [1.29, 1.82) is 0 Å². The third kappa shape index (κ3) is 7.94. The predicted molar refractivity (Wildman–Crippen MR) is 92.7 cm³/mol. The molecule has 19 heavy (non-hydrogen) atoms. The minimum Gasteiger partial charge on any atom is -0.294 e. The van der Waals surface area contributed by atoms with E-state index in [0.717, 1.165) is 0 Å². The summed E-state index contributed by atoms with van der Waals surface area (Å²) in [4.78, 5) is 2.64. The van der Waals surface area contributed by atoms with Crippen LogP contribution < -0.4 is 0 Å². The first-order valence-electron chi connectivity index (χ1n) is 7.68. The molecule has 0 spiro atoms. The van der Waals surface area contributed by atoms with Crippen LogP contribution in [0.1, 0.15) is 54.9 Å². The fourth-order valence-corrected chi connectivity index (χ4v) is 6.22. The van der Waals surface area contributed by atoms with Crippen LogP contribution in [0.4, 0.5) is 0 Å². The van der Waals surface area contributed by atoms with Crippen molar-refractivity contribution in [3.05, 3.63) is 12.2 Å². The second kappa shape index (κ2) is 6.58. The van der Waals surface area contributed by atoms with Crippen molar-refractivity contribution in [2.75, 3.05) is 6.54 Å². The average molecular weight is 284 g/mol. The predicted octanol–water partition coefficient (Wildman–Crippen LogP) is 5.56. The van der Waals surface area contributed by atoms with Crippen molar-refractivity contribution in [1.82, 2.24) is 4.90 Å². The maximum atomic E-state index is 4.09. The molecule has 0 heterocycles. The van der Waals surface area contributed by atoms with E-state index in [-0.39, 0.29) is 11.1 Å². The van der Waals surface area contributed by atoms with Gasteiger partial charge in [-0.1, -0.05) is 24.7 Å². The maximum absolute atomic E-state index is 4.09. The van der Waals surface area contributed by atoms with Gasteiger partial charge in [-0.05, 0) is 67.5 Å². The van der Waals surface area contributed by atoms with Gasteiger partial charge in [-0.3, -0.25) is 4.90 Å². The van der Waals surface area contributed by atoms with E-state index in [2.05, 4.69) is 73.0 Å². The van der Waals surface area contributed by atoms with Crippen molar-refractivity contribution in [2.45, 2.75) is 91.1 Å². The molecular formula is C17H37NSi. The molecule has 0 bridgehead atoms. The molecule has 0 aliphatic heterocycles. The Labute approximate surface area is 123 Å². The summed E-state index contributed by atoms with van der Waals surface area (Å²) in [6.07, 6.45) is 1.32. The summed E-state index contributed by atoms with van der Waals surface area (Å²) in [5.41, 5.74) is 1.86. The minimum absolute atomic E-state index is 0.248. The molecular weight excluding hydrogens is 246 g/mol. The molecule has 0 N–H and O–H groups in total. The summed E-state index contributed by atoms with van der Waals surface area (Å²) in [6.45, 7) is 26.4. The SMILES string of the molecule is C=C(C)C[Si](C)(C)CCCN(C(C)(C)C)C(C)(C)C. The first-order valence-corrected chi connectivity index (χ1v) is 11.1. The van der Waals surface area contributed by atoms with Crippen molar-refractivity contribution in [2.24, 2.45) is 0 Å². The summed E-state index contributed by atoms with van der Waals surface area (Å²) in [5, 5.41) is 0. The van der Waals surface area contributed by atoms with Crippen LogP contribution in [0.5, 0.6) is 0 Å². The van der Waals surface area contributed by atoms with Gasteiger partial charge in [0.05, 0.1) is 8.07 Å². The minimum atomic E-state index is -1.08. The topological polar surface area (TPSA) is 3.24 Å². The quantitative estimate of drug-likeness (QED) is 0.455. The lowest BCUT2D eigenvalue weighted by Gasteiger charge is -2.46. The molecule has 0 aromatic carbocycles. The maximum Gasteiger partial charge on any atom is 0.0514 e. The lowest BCUT2D eigenvalue weighted by atomic mass is 9.96. The van der Waals surface area contributed by atoms with Gasteiger partial charge in [0.25, 0.3) is 0 Å². The van der Waals surface area contributed by atoms with Gasteiger partial charge in [-0.2, -0.15) is 0 Å². The van der Waals surface area contributed by atoms with Gasteiger partial charge in [0.2, 0.25) is 0 Å². The highest BCUT2D eigenvalue weighted by atomic mass is 28.3. The van der Waals surface area contributed by atoms with Gasteiger partial charge < -0.3 is 0 Å². The molecule has 0 saturated heterocycles. The Bertz CT molecular complexity index is 277. The molecule has 0 atom stereocenters. The third-order valence-corrected chi connectivity index (χ3v) is 6.90. The van der Waals surface area contributed by atoms with Gasteiger partial charge in [-0.25, -0.2) is 0 Å². The van der Waals surface area contributed by atoms with Crippen LogP contribution in [0.25, 0.3) is 0 Å². The Hall–Kier alpha value is -0.0831. The van der Waals surface area contributed by atoms with Crippen molar-refractivity contribution >= 4 is 8.07 Å². The fourth-order valence-electron chi connectivity index (χ4n) is 3.30. The van der Waals surface area contributed by atoms with Gasteiger partial charge in [0, 0.05) is 11.1 Å². The number of nitrogens with zero attached hydrogens (tertiary/aromatic N) is 1. The summed E-state index contributed by atoms with van der Waals surface area (Å²) in [5.74, 6) is 0. The summed E-state index contributed by atoms with van der Waals surface area (Å²) in [6, 6.07) is 2.68. The lowest BCUT2D eigenvalue weighted by molar-refractivity contribution is 0.0386. The molecule has 0 saturated carbocycles. The first-order chi connectivity index (χ1) is 8.26. The van der Waals surface area contributed by atoms with E-state index in [1.165, 1.54) is 30.6 Å². The van der Waals surface area contributed by atoms with E-state index in [1.54, 1.807) is 0 Å². The molecule has 0 radical (unpaired) electrons. The van der Waals surface area contributed by atoms with Crippen LogP contribution in [-0.2, 0) is 0 Å². The monoisotopic (exact) mass is 283 g/mol. The highest BCUT2D eigenvalue weighted by Gasteiger charge is 2.31. The molecule has 0 rings (SSSR count). The van der Waals surface area contributed by atoms with E-state index < -0.39 is 8.07 Å². The van der Waals surface area contributed by atoms with Crippen molar-refractivity contribution in [3.8, 4) is 0 Å². The highest BCUT2D eigenvalue weighted by Crippen LogP contribution is 2.27. The smallest absolute Gasteiger partial charge is 0.0514 e. The Morgan fingerprint density at radius 1 is 1.00 bits per heavy atom. The van der Waals surface area contributed by atoms with Crippen LogP contribution in [0.2, 0.25) is 25.2 Å². The van der Waals surface area contributed by atoms with E-state index in [0.29, 0.717) is 0 Å². The first kappa shape index (κ1) is 18.9. The number of hydrogen-bond donors (Lipinski definition) is 0. The van der Waals surface area contributed by atoms with E-state index in [4.69, 9.17) is 0 Å². The largest absolute Gasteiger partial charge is 0.294 e. The zero-order chi connectivity index (χ0) is 15.5. The van der Waals surface area contributed by atoms with Crippen molar-refractivity contribution in [3.63, 3.8) is 0 Å². The fraction of sp³-hybridized carbons (Fsp3) is 0.882. The standard InChI is InChI=1S/C17H37NSi/c1-15(2)14-19(9,10)13-11-12-18(16(3,4)5)17(6,7)8/h1,11-14H2,2-10H3. The number of allylic oxidation sites excluding steroid dienone is 1. The van der Waals surface area contributed by atoms with E-state index in [1.807, 2.05) is 0 Å². The zero-order valence-electron chi connectivity index (χ0n) is 15.0. The Balaban J connectivity index is 4.48. The second-order valence-corrected chi connectivity index (χ2v) is 14.1. The lowest BCUT2D eigenvalue weighted by Crippen LogP contribution is -2.53. The molecule has 0 fully saturated rings. The van der Waals surface area contributed by atoms with Crippen LogP contribution in [0.3, 0.4) is 0 Å². The average Bonchev–Trinajstić information content (AvgIpc) is 2.05. The second-order valence-electron chi connectivity index (χ2n) is 8.89.